The lowest BCUT2D eigenvalue weighted by atomic mass is 9.85. The van der Waals surface area contributed by atoms with E-state index in [2.05, 4.69) is 19.7 Å². The highest BCUT2D eigenvalue weighted by Gasteiger charge is 2.40. The summed E-state index contributed by atoms with van der Waals surface area (Å²) in [6, 6.07) is 0. The highest BCUT2D eigenvalue weighted by Crippen LogP contribution is 2.32. The number of hydrogen-bond donors (Lipinski definition) is 1. The normalized spacial score (nSPS) is 28.0. The van der Waals surface area contributed by atoms with Crippen molar-refractivity contribution in [1.82, 2.24) is 19.7 Å². The molecule has 0 aromatic carbocycles. The van der Waals surface area contributed by atoms with Gasteiger partial charge in [-0.25, -0.2) is 0 Å². The first kappa shape index (κ1) is 15.5. The van der Waals surface area contributed by atoms with Crippen LogP contribution in [-0.4, -0.2) is 64.2 Å². The molecule has 23 heavy (non-hydrogen) atoms. The lowest BCUT2D eigenvalue weighted by Crippen LogP contribution is -2.54. The van der Waals surface area contributed by atoms with Crippen LogP contribution in [0.1, 0.15) is 49.7 Å². The van der Waals surface area contributed by atoms with Gasteiger partial charge < -0.3 is 19.3 Å². The van der Waals surface area contributed by atoms with Crippen LogP contribution < -0.4 is 0 Å². The highest BCUT2D eigenvalue weighted by atomic mass is 16.5. The third-order valence-electron chi connectivity index (χ3n) is 5.72. The molecule has 4 heterocycles. The first-order chi connectivity index (χ1) is 11.3. The van der Waals surface area contributed by atoms with Crippen molar-refractivity contribution in [3.05, 3.63) is 11.6 Å². The van der Waals surface area contributed by atoms with Gasteiger partial charge in [-0.2, -0.15) is 0 Å². The van der Waals surface area contributed by atoms with E-state index in [0.29, 0.717) is 19.1 Å². The van der Waals surface area contributed by atoms with Crippen LogP contribution in [0.4, 0.5) is 0 Å². The second-order valence-electron chi connectivity index (χ2n) is 7.66. The zero-order valence-corrected chi connectivity index (χ0v) is 13.9. The molecule has 0 aliphatic carbocycles. The van der Waals surface area contributed by atoms with Crippen LogP contribution in [0.25, 0.3) is 0 Å². The molecule has 1 N–H and O–H groups in total. The summed E-state index contributed by atoms with van der Waals surface area (Å²) in [6.45, 7) is 5.83. The summed E-state index contributed by atoms with van der Waals surface area (Å²) in [5.41, 5.74) is -0.0242. The van der Waals surface area contributed by atoms with Crippen LogP contribution in [0.3, 0.4) is 0 Å². The number of aryl methyl sites for hydroxylation is 1. The zero-order chi connectivity index (χ0) is 15.7. The second-order valence-corrected chi connectivity index (χ2v) is 7.66. The molecule has 2 fully saturated rings. The first-order valence-electron chi connectivity index (χ1n) is 9.13. The maximum atomic E-state index is 9.67. The van der Waals surface area contributed by atoms with Gasteiger partial charge in [0.2, 0.25) is 0 Å². The topological polar surface area (TPSA) is 63.4 Å². The van der Waals surface area contributed by atoms with Gasteiger partial charge in [0.25, 0.3) is 0 Å². The lowest BCUT2D eigenvalue weighted by molar-refractivity contribution is -0.149. The molecular weight excluding hydrogens is 292 g/mol. The van der Waals surface area contributed by atoms with Crippen molar-refractivity contribution in [1.29, 1.82) is 0 Å². The highest BCUT2D eigenvalue weighted by molar-refractivity contribution is 5.06. The molecule has 128 valence electrons. The van der Waals surface area contributed by atoms with Crippen LogP contribution in [0.2, 0.25) is 0 Å². The third-order valence-corrected chi connectivity index (χ3v) is 5.72. The van der Waals surface area contributed by atoms with Crippen LogP contribution in [0.5, 0.6) is 0 Å². The van der Waals surface area contributed by atoms with E-state index in [4.69, 9.17) is 4.74 Å². The molecule has 4 rings (SSSR count). The minimum Gasteiger partial charge on any atom is -0.396 e. The Labute approximate surface area is 137 Å². The van der Waals surface area contributed by atoms with E-state index in [1.54, 1.807) is 0 Å². The molecule has 0 saturated carbocycles. The summed E-state index contributed by atoms with van der Waals surface area (Å²) in [5, 5.41) is 18.7. The molecule has 0 amide bonds. The largest absolute Gasteiger partial charge is 0.396 e. The smallest absolute Gasteiger partial charge is 0.137 e. The minimum atomic E-state index is -0.0242. The van der Waals surface area contributed by atoms with Crippen LogP contribution in [-0.2, 0) is 17.7 Å². The van der Waals surface area contributed by atoms with Gasteiger partial charge in [0.05, 0.1) is 25.2 Å². The first-order valence-corrected chi connectivity index (χ1v) is 9.13. The molecule has 6 nitrogen and oxygen atoms in total. The average molecular weight is 320 g/mol. The summed E-state index contributed by atoms with van der Waals surface area (Å²) >= 11 is 0. The number of piperidine rings is 1. The monoisotopic (exact) mass is 320 g/mol. The number of ether oxygens (including phenoxy) is 1. The van der Waals surface area contributed by atoms with Crippen molar-refractivity contribution in [2.75, 3.05) is 39.5 Å². The minimum absolute atomic E-state index is 0.0242. The van der Waals surface area contributed by atoms with Crippen molar-refractivity contribution in [2.45, 2.75) is 51.0 Å². The Hall–Kier alpha value is -0.980. The summed E-state index contributed by atoms with van der Waals surface area (Å²) in [5.74, 6) is 2.88. The van der Waals surface area contributed by atoms with Gasteiger partial charge in [0, 0.05) is 32.0 Å². The van der Waals surface area contributed by atoms with Crippen molar-refractivity contribution in [3.63, 3.8) is 0 Å². The van der Waals surface area contributed by atoms with Crippen molar-refractivity contribution in [3.8, 4) is 0 Å². The fourth-order valence-corrected chi connectivity index (χ4v) is 4.32. The van der Waals surface area contributed by atoms with E-state index >= 15 is 0 Å². The number of rotatable bonds is 4. The molecule has 1 aromatic heterocycles. The van der Waals surface area contributed by atoms with E-state index < -0.39 is 0 Å². The van der Waals surface area contributed by atoms with Crippen molar-refractivity contribution < 1.29 is 9.84 Å². The van der Waals surface area contributed by atoms with E-state index in [0.717, 1.165) is 32.6 Å². The fraction of sp³-hybridized carbons (Fsp3) is 0.882. The van der Waals surface area contributed by atoms with Crippen LogP contribution >= 0.6 is 0 Å². The van der Waals surface area contributed by atoms with Gasteiger partial charge in [-0.05, 0) is 32.2 Å². The maximum absolute atomic E-state index is 9.67. The molecular formula is C17H28N4O2. The number of hydrogen-bond acceptors (Lipinski definition) is 5. The summed E-state index contributed by atoms with van der Waals surface area (Å²) in [6.07, 6.45) is 7.28. The number of aliphatic hydroxyl groups excluding tert-OH is 1. The van der Waals surface area contributed by atoms with Crippen molar-refractivity contribution >= 4 is 0 Å². The van der Waals surface area contributed by atoms with Crippen LogP contribution in [0, 0.1) is 5.41 Å². The van der Waals surface area contributed by atoms with Gasteiger partial charge in [0.1, 0.15) is 11.6 Å². The van der Waals surface area contributed by atoms with Crippen molar-refractivity contribution in [2.24, 2.45) is 5.41 Å². The Balaban J connectivity index is 1.46. The summed E-state index contributed by atoms with van der Waals surface area (Å²) in [7, 11) is 0. The zero-order valence-electron chi connectivity index (χ0n) is 13.9. The van der Waals surface area contributed by atoms with Gasteiger partial charge >= 0.3 is 0 Å². The number of likely N-dealkylation sites (tertiary alicyclic amines) is 1. The Bertz CT molecular complexity index is 535. The standard InChI is InChI=1S/C17H28N4O2/c22-11-17(12-23-13-17)10-20-7-4-5-14(9-20)16-19-18-15-6-2-1-3-8-21(15)16/h14,22H,1-13H2. The van der Waals surface area contributed by atoms with Gasteiger partial charge in [-0.15, -0.1) is 10.2 Å². The number of aromatic nitrogens is 3. The quantitative estimate of drug-likeness (QED) is 0.903. The van der Waals surface area contributed by atoms with E-state index in [-0.39, 0.29) is 12.0 Å². The van der Waals surface area contributed by atoms with E-state index in [9.17, 15) is 5.11 Å². The molecule has 6 heteroatoms. The Morgan fingerprint density at radius 1 is 1.13 bits per heavy atom. The predicted octanol–water partition coefficient (Wildman–Crippen LogP) is 1.19. The molecule has 1 unspecified atom stereocenters. The van der Waals surface area contributed by atoms with Gasteiger partial charge in [-0.1, -0.05) is 6.42 Å². The molecule has 1 aromatic rings. The Kier molecular flexibility index (Phi) is 4.39. The molecule has 0 spiro atoms. The van der Waals surface area contributed by atoms with E-state index in [1.165, 1.54) is 43.8 Å². The number of aliphatic hydroxyl groups is 1. The molecule has 3 aliphatic rings. The fourth-order valence-electron chi connectivity index (χ4n) is 4.32. The molecule has 3 aliphatic heterocycles. The maximum Gasteiger partial charge on any atom is 0.137 e. The summed E-state index contributed by atoms with van der Waals surface area (Å²) < 4.78 is 7.74. The molecule has 1 atom stereocenters. The van der Waals surface area contributed by atoms with Gasteiger partial charge in [-0.3, -0.25) is 0 Å². The molecule has 2 saturated heterocycles. The Morgan fingerprint density at radius 2 is 2.04 bits per heavy atom. The molecule has 0 radical (unpaired) electrons. The lowest BCUT2D eigenvalue weighted by Gasteiger charge is -2.45. The third kappa shape index (κ3) is 3.04. The van der Waals surface area contributed by atoms with Crippen LogP contribution in [0.15, 0.2) is 0 Å². The number of fused-ring (bicyclic) bond motifs is 1. The van der Waals surface area contributed by atoms with E-state index in [1.807, 2.05) is 0 Å². The SMILES string of the molecule is OCC1(CN2CCCC(c3nnc4n3CCCCC4)C2)COC1. The average Bonchev–Trinajstić information content (AvgIpc) is 2.80. The Morgan fingerprint density at radius 3 is 2.83 bits per heavy atom. The molecule has 0 bridgehead atoms. The number of nitrogens with zero attached hydrogens (tertiary/aromatic N) is 4. The summed E-state index contributed by atoms with van der Waals surface area (Å²) in [4.78, 5) is 2.51. The second kappa shape index (κ2) is 6.49. The van der Waals surface area contributed by atoms with Gasteiger partial charge in [0.15, 0.2) is 0 Å². The predicted molar refractivity (Wildman–Crippen MR) is 86.3 cm³/mol.